The van der Waals surface area contributed by atoms with Crippen LogP contribution in [0.5, 0.6) is 5.75 Å². The number of hydrogen-bond acceptors (Lipinski definition) is 3. The third-order valence-corrected chi connectivity index (χ3v) is 5.04. The summed E-state index contributed by atoms with van der Waals surface area (Å²) in [5, 5.41) is 5.54. The predicted octanol–water partition coefficient (Wildman–Crippen LogP) is 6.11. The number of aryl methyl sites for hydroxylation is 1. The first-order valence-corrected chi connectivity index (χ1v) is 10.1. The summed E-state index contributed by atoms with van der Waals surface area (Å²) < 4.78 is 126. The minimum Gasteiger partial charge on any atom is -0.428 e. The second kappa shape index (κ2) is 9.05. The summed E-state index contributed by atoms with van der Waals surface area (Å²) in [6.07, 6.45) is -15.2. The number of alkyl halides is 6. The lowest BCUT2D eigenvalue weighted by molar-refractivity contribution is -0.304. The molecule has 4 aromatic rings. The van der Waals surface area contributed by atoms with Gasteiger partial charge < -0.3 is 15.0 Å². The highest BCUT2D eigenvalue weighted by atomic mass is 19.4. The van der Waals surface area contributed by atoms with Crippen molar-refractivity contribution in [2.24, 2.45) is 7.05 Å². The number of nitrogens with zero attached hydrogens (tertiary/aromatic N) is 2. The highest BCUT2D eigenvalue weighted by molar-refractivity contribution is 6.09. The molecular formula is C22H13F9N4O2. The summed E-state index contributed by atoms with van der Waals surface area (Å²) in [6.45, 7) is 0. The molecule has 2 N–H and O–H groups in total. The molecule has 0 aliphatic carbocycles. The van der Waals surface area contributed by atoms with Gasteiger partial charge in [0.1, 0.15) is 23.0 Å². The lowest BCUT2D eigenvalue weighted by Crippen LogP contribution is -2.45. The minimum absolute atomic E-state index is 0.0337. The summed E-state index contributed by atoms with van der Waals surface area (Å²) in [6, 6.07) is 5.19. The SMILES string of the molecule is Cn1cc(C(=O)Nc2ccc(F)cc2OC(F)(F)C(F)C(F)(F)F)c(-c2[nH]c3cccc(F)c3c2F)n1. The van der Waals surface area contributed by atoms with Crippen LogP contribution >= 0.6 is 0 Å². The van der Waals surface area contributed by atoms with Crippen molar-refractivity contribution in [3.63, 3.8) is 0 Å². The number of ether oxygens (including phenoxy) is 1. The molecule has 2 heterocycles. The molecule has 0 spiro atoms. The van der Waals surface area contributed by atoms with Gasteiger partial charge in [0.05, 0.1) is 22.2 Å². The third kappa shape index (κ3) is 4.93. The Kier molecular flexibility index (Phi) is 6.33. The van der Waals surface area contributed by atoms with E-state index in [4.69, 9.17) is 0 Å². The largest absolute Gasteiger partial charge is 0.439 e. The van der Waals surface area contributed by atoms with Gasteiger partial charge in [-0.1, -0.05) is 6.07 Å². The van der Waals surface area contributed by atoms with Gasteiger partial charge in [-0.25, -0.2) is 17.6 Å². The number of carbonyl (C=O) groups excluding carboxylic acids is 1. The van der Waals surface area contributed by atoms with Gasteiger partial charge >= 0.3 is 12.3 Å². The van der Waals surface area contributed by atoms with Crippen molar-refractivity contribution in [3.8, 4) is 17.1 Å². The van der Waals surface area contributed by atoms with Crippen molar-refractivity contribution in [2.75, 3.05) is 5.32 Å². The Bertz CT molecular complexity index is 1490. The molecule has 1 amide bonds. The molecule has 1 atom stereocenters. The van der Waals surface area contributed by atoms with Crippen molar-refractivity contribution in [2.45, 2.75) is 18.5 Å². The topological polar surface area (TPSA) is 71.9 Å². The molecule has 0 radical (unpaired) electrons. The Balaban J connectivity index is 1.70. The number of amides is 1. The number of hydrogen-bond donors (Lipinski definition) is 2. The summed E-state index contributed by atoms with van der Waals surface area (Å²) in [7, 11) is 1.34. The zero-order valence-electron chi connectivity index (χ0n) is 18.2. The van der Waals surface area contributed by atoms with E-state index in [1.807, 2.05) is 5.32 Å². The molecule has 4 rings (SSSR count). The summed E-state index contributed by atoms with van der Waals surface area (Å²) in [4.78, 5) is 15.5. The second-order valence-corrected chi connectivity index (χ2v) is 7.70. The minimum atomic E-state index is -6.01. The fourth-order valence-corrected chi connectivity index (χ4v) is 3.43. The molecule has 196 valence electrons. The lowest BCUT2D eigenvalue weighted by Gasteiger charge is -2.24. The number of H-pyrrole nitrogens is 1. The Morgan fingerprint density at radius 3 is 2.46 bits per heavy atom. The van der Waals surface area contributed by atoms with Gasteiger partial charge in [-0.3, -0.25) is 9.48 Å². The Morgan fingerprint density at radius 1 is 1.11 bits per heavy atom. The molecule has 0 saturated heterocycles. The van der Waals surface area contributed by atoms with E-state index in [9.17, 15) is 44.3 Å². The van der Waals surface area contributed by atoms with Crippen LogP contribution in [0.3, 0.4) is 0 Å². The highest BCUT2D eigenvalue weighted by Crippen LogP contribution is 2.39. The smallest absolute Gasteiger partial charge is 0.428 e. The first-order chi connectivity index (χ1) is 17.2. The molecule has 0 saturated carbocycles. The summed E-state index contributed by atoms with van der Waals surface area (Å²) in [5.74, 6) is -5.75. The number of nitrogens with one attached hydrogen (secondary N) is 2. The number of benzene rings is 2. The fourth-order valence-electron chi connectivity index (χ4n) is 3.43. The van der Waals surface area contributed by atoms with Crippen molar-refractivity contribution in [3.05, 3.63) is 65.6 Å². The summed E-state index contributed by atoms with van der Waals surface area (Å²) >= 11 is 0. The number of halogens is 9. The maximum atomic E-state index is 15.0. The van der Waals surface area contributed by atoms with Crippen molar-refractivity contribution < 1.29 is 49.0 Å². The van der Waals surface area contributed by atoms with E-state index in [0.717, 1.165) is 16.9 Å². The number of fused-ring (bicyclic) bond motifs is 1. The molecule has 0 aliphatic heterocycles. The number of anilines is 1. The van der Waals surface area contributed by atoms with Crippen LogP contribution in [-0.4, -0.2) is 39.1 Å². The van der Waals surface area contributed by atoms with Gasteiger partial charge in [-0.15, -0.1) is 0 Å². The second-order valence-electron chi connectivity index (χ2n) is 7.70. The number of aromatic nitrogens is 3. The predicted molar refractivity (Wildman–Crippen MR) is 111 cm³/mol. The molecule has 37 heavy (non-hydrogen) atoms. The number of aromatic amines is 1. The zero-order valence-corrected chi connectivity index (χ0v) is 18.2. The normalized spacial score (nSPS) is 13.1. The molecule has 2 aromatic carbocycles. The van der Waals surface area contributed by atoms with Crippen LogP contribution in [-0.2, 0) is 7.05 Å². The van der Waals surface area contributed by atoms with E-state index in [1.54, 1.807) is 0 Å². The van der Waals surface area contributed by atoms with E-state index in [0.29, 0.717) is 12.1 Å². The average Bonchev–Trinajstić information content (AvgIpc) is 3.34. The van der Waals surface area contributed by atoms with E-state index in [1.165, 1.54) is 19.2 Å². The maximum Gasteiger partial charge on any atom is 0.439 e. The van der Waals surface area contributed by atoms with Gasteiger partial charge in [0.25, 0.3) is 12.1 Å². The Morgan fingerprint density at radius 2 is 1.81 bits per heavy atom. The van der Waals surface area contributed by atoms with Crippen LogP contribution in [0.25, 0.3) is 22.3 Å². The van der Waals surface area contributed by atoms with E-state index < -0.39 is 69.9 Å². The van der Waals surface area contributed by atoms with Crippen LogP contribution in [0.1, 0.15) is 10.4 Å². The average molecular weight is 536 g/mol. The Labute approximate surface area is 200 Å². The molecule has 0 aliphatic rings. The van der Waals surface area contributed by atoms with Crippen molar-refractivity contribution in [1.82, 2.24) is 14.8 Å². The Hall–Kier alpha value is -4.17. The molecule has 0 bridgehead atoms. The first kappa shape index (κ1) is 25.9. The van der Waals surface area contributed by atoms with Crippen molar-refractivity contribution in [1.29, 1.82) is 0 Å². The van der Waals surface area contributed by atoms with E-state index in [2.05, 4.69) is 14.8 Å². The quantitative estimate of drug-likeness (QED) is 0.292. The zero-order chi connectivity index (χ0) is 27.3. The van der Waals surface area contributed by atoms with Gasteiger partial charge in [-0.2, -0.15) is 27.1 Å². The summed E-state index contributed by atoms with van der Waals surface area (Å²) in [5.41, 5.74) is -1.87. The van der Waals surface area contributed by atoms with Crippen LogP contribution < -0.4 is 10.1 Å². The molecule has 15 heteroatoms. The first-order valence-electron chi connectivity index (χ1n) is 10.1. The molecule has 0 fully saturated rings. The molecular weight excluding hydrogens is 523 g/mol. The standard InChI is InChI=1S/C22H13F9N4O2/c1-35-8-10(17(34-35)18-16(25)15-11(24)3-2-4-13(15)32-18)19(36)33-12-6-5-9(23)7-14(12)37-22(30,31)20(26)21(27,28)29/h2-8,20,32H,1H3,(H,33,36). The lowest BCUT2D eigenvalue weighted by atomic mass is 10.1. The van der Waals surface area contributed by atoms with Crippen molar-refractivity contribution >= 4 is 22.5 Å². The van der Waals surface area contributed by atoms with Gasteiger partial charge in [0.15, 0.2) is 11.6 Å². The van der Waals surface area contributed by atoms with E-state index >= 15 is 0 Å². The molecule has 2 aromatic heterocycles. The maximum absolute atomic E-state index is 15.0. The van der Waals surface area contributed by atoms with E-state index in [-0.39, 0.29) is 17.3 Å². The van der Waals surface area contributed by atoms with Gasteiger partial charge in [-0.05, 0) is 24.3 Å². The monoisotopic (exact) mass is 536 g/mol. The van der Waals surface area contributed by atoms with Crippen LogP contribution in [0, 0.1) is 17.5 Å². The van der Waals surface area contributed by atoms with Crippen LogP contribution in [0.2, 0.25) is 0 Å². The van der Waals surface area contributed by atoms with Crippen LogP contribution in [0.4, 0.5) is 45.2 Å². The highest BCUT2D eigenvalue weighted by Gasteiger charge is 2.59. The molecule has 6 nitrogen and oxygen atoms in total. The van der Waals surface area contributed by atoms with Crippen LogP contribution in [0.15, 0.2) is 42.6 Å². The third-order valence-electron chi connectivity index (χ3n) is 5.04. The molecule has 1 unspecified atom stereocenters. The number of rotatable bonds is 6. The van der Waals surface area contributed by atoms with Gasteiger partial charge in [0, 0.05) is 19.3 Å². The fraction of sp³-hybridized carbons (Fsp3) is 0.182. The van der Waals surface area contributed by atoms with Gasteiger partial charge in [0.2, 0.25) is 0 Å². The number of carbonyl (C=O) groups is 1.